The number of H-pyrrole nitrogens is 1. The molecule has 100 valence electrons. The number of aromatic amines is 1. The zero-order valence-corrected chi connectivity index (χ0v) is 11.0. The summed E-state index contributed by atoms with van der Waals surface area (Å²) in [7, 11) is 0. The first-order valence-corrected chi connectivity index (χ1v) is 6.56. The number of benzene rings is 2. The van der Waals surface area contributed by atoms with Crippen LogP contribution in [-0.2, 0) is 6.42 Å². The summed E-state index contributed by atoms with van der Waals surface area (Å²) in [5, 5.41) is 2.29. The number of rotatable bonds is 3. The molecule has 4 heteroatoms. The fourth-order valence-electron chi connectivity index (χ4n) is 2.26. The monoisotopic (exact) mass is 265 g/mol. The number of hydrogen-bond acceptors (Lipinski definition) is 3. The Labute approximate surface area is 116 Å². The van der Waals surface area contributed by atoms with Crippen molar-refractivity contribution >= 4 is 10.8 Å². The summed E-state index contributed by atoms with van der Waals surface area (Å²) in [4.78, 5) is 18.9. The van der Waals surface area contributed by atoms with Crippen molar-refractivity contribution in [3.8, 4) is 11.4 Å². The maximum atomic E-state index is 11.7. The Balaban J connectivity index is 2.12. The SMILES string of the molecule is NCCc1cc(=O)[nH]c(-c2ccc3ccccc3c2)n1. The van der Waals surface area contributed by atoms with Crippen LogP contribution in [0.2, 0.25) is 0 Å². The van der Waals surface area contributed by atoms with Crippen LogP contribution >= 0.6 is 0 Å². The molecule has 0 aliphatic rings. The van der Waals surface area contributed by atoms with E-state index in [1.807, 2.05) is 36.4 Å². The lowest BCUT2D eigenvalue weighted by atomic mass is 10.1. The van der Waals surface area contributed by atoms with Gasteiger partial charge in [-0.05, 0) is 23.4 Å². The van der Waals surface area contributed by atoms with Crippen LogP contribution in [0, 0.1) is 0 Å². The highest BCUT2D eigenvalue weighted by molar-refractivity contribution is 5.86. The van der Waals surface area contributed by atoms with Crippen molar-refractivity contribution in [3.05, 3.63) is 64.6 Å². The van der Waals surface area contributed by atoms with E-state index in [0.29, 0.717) is 18.8 Å². The van der Waals surface area contributed by atoms with Crippen molar-refractivity contribution < 1.29 is 0 Å². The Morgan fingerprint density at radius 2 is 1.85 bits per heavy atom. The van der Waals surface area contributed by atoms with Crippen molar-refractivity contribution in [3.63, 3.8) is 0 Å². The van der Waals surface area contributed by atoms with Gasteiger partial charge in [0.25, 0.3) is 5.56 Å². The van der Waals surface area contributed by atoms with E-state index >= 15 is 0 Å². The van der Waals surface area contributed by atoms with Gasteiger partial charge in [-0.15, -0.1) is 0 Å². The lowest BCUT2D eigenvalue weighted by molar-refractivity contribution is 0.906. The fourth-order valence-corrected chi connectivity index (χ4v) is 2.26. The average Bonchev–Trinajstić information content (AvgIpc) is 2.46. The van der Waals surface area contributed by atoms with Crippen LogP contribution in [-0.4, -0.2) is 16.5 Å². The molecule has 0 radical (unpaired) electrons. The van der Waals surface area contributed by atoms with Gasteiger partial charge in [0.2, 0.25) is 0 Å². The van der Waals surface area contributed by atoms with Crippen molar-refractivity contribution in [1.29, 1.82) is 0 Å². The van der Waals surface area contributed by atoms with Crippen LogP contribution in [0.3, 0.4) is 0 Å². The Kier molecular flexibility index (Phi) is 3.31. The van der Waals surface area contributed by atoms with Crippen LogP contribution in [0.4, 0.5) is 0 Å². The largest absolute Gasteiger partial charge is 0.330 e. The third-order valence-electron chi connectivity index (χ3n) is 3.22. The van der Waals surface area contributed by atoms with Crippen LogP contribution < -0.4 is 11.3 Å². The lowest BCUT2D eigenvalue weighted by Crippen LogP contribution is -2.13. The molecule has 0 aliphatic heterocycles. The van der Waals surface area contributed by atoms with E-state index in [1.165, 1.54) is 6.07 Å². The summed E-state index contributed by atoms with van der Waals surface area (Å²) in [6.45, 7) is 0.480. The summed E-state index contributed by atoms with van der Waals surface area (Å²) in [5.74, 6) is 0.590. The predicted octanol–water partition coefficient (Wildman–Crippen LogP) is 2.09. The van der Waals surface area contributed by atoms with Gasteiger partial charge in [-0.2, -0.15) is 0 Å². The third-order valence-corrected chi connectivity index (χ3v) is 3.22. The van der Waals surface area contributed by atoms with Gasteiger partial charge in [-0.1, -0.05) is 36.4 Å². The highest BCUT2D eigenvalue weighted by Crippen LogP contribution is 2.21. The molecule has 20 heavy (non-hydrogen) atoms. The summed E-state index contributed by atoms with van der Waals surface area (Å²) >= 11 is 0. The first-order chi connectivity index (χ1) is 9.76. The number of aromatic nitrogens is 2. The molecule has 3 N–H and O–H groups in total. The van der Waals surface area contributed by atoms with E-state index in [2.05, 4.69) is 16.0 Å². The molecule has 0 unspecified atom stereocenters. The Morgan fingerprint density at radius 3 is 2.65 bits per heavy atom. The van der Waals surface area contributed by atoms with Crippen molar-refractivity contribution in [2.75, 3.05) is 6.54 Å². The summed E-state index contributed by atoms with van der Waals surface area (Å²) in [5.41, 5.74) is 7.00. The molecule has 0 saturated heterocycles. The van der Waals surface area contributed by atoms with Gasteiger partial charge in [-0.25, -0.2) is 4.98 Å². The normalized spacial score (nSPS) is 10.8. The lowest BCUT2D eigenvalue weighted by Gasteiger charge is -2.05. The van der Waals surface area contributed by atoms with Crippen LogP contribution in [0.5, 0.6) is 0 Å². The maximum Gasteiger partial charge on any atom is 0.251 e. The Morgan fingerprint density at radius 1 is 1.05 bits per heavy atom. The second-order valence-electron chi connectivity index (χ2n) is 4.69. The number of nitrogens with two attached hydrogens (primary N) is 1. The highest BCUT2D eigenvalue weighted by atomic mass is 16.1. The molecule has 0 bridgehead atoms. The quantitative estimate of drug-likeness (QED) is 0.761. The molecule has 0 fully saturated rings. The Hall–Kier alpha value is -2.46. The van der Waals surface area contributed by atoms with E-state index in [9.17, 15) is 4.79 Å². The number of fused-ring (bicyclic) bond motifs is 1. The van der Waals surface area contributed by atoms with E-state index in [4.69, 9.17) is 5.73 Å². The number of nitrogens with zero attached hydrogens (tertiary/aromatic N) is 1. The predicted molar refractivity (Wildman–Crippen MR) is 80.6 cm³/mol. The smallest absolute Gasteiger partial charge is 0.251 e. The Bertz CT molecular complexity index is 808. The van der Waals surface area contributed by atoms with Gasteiger partial charge in [0.1, 0.15) is 5.82 Å². The van der Waals surface area contributed by atoms with Gasteiger partial charge in [-0.3, -0.25) is 4.79 Å². The van der Waals surface area contributed by atoms with Gasteiger partial charge in [0, 0.05) is 23.7 Å². The molecule has 1 heterocycles. The van der Waals surface area contributed by atoms with Gasteiger partial charge < -0.3 is 10.7 Å². The van der Waals surface area contributed by atoms with Crippen LogP contribution in [0.1, 0.15) is 5.69 Å². The number of nitrogens with one attached hydrogen (secondary N) is 1. The second-order valence-corrected chi connectivity index (χ2v) is 4.69. The molecule has 0 saturated carbocycles. The maximum absolute atomic E-state index is 11.7. The summed E-state index contributed by atoms with van der Waals surface area (Å²) in [6.07, 6.45) is 0.602. The molecule has 0 spiro atoms. The standard InChI is InChI=1S/C16H15N3O/c17-8-7-14-10-15(20)19-16(18-14)13-6-5-11-3-1-2-4-12(11)9-13/h1-6,9-10H,7-8,17H2,(H,18,19,20). The first-order valence-electron chi connectivity index (χ1n) is 6.56. The first kappa shape index (κ1) is 12.6. The zero-order chi connectivity index (χ0) is 13.9. The molecule has 0 aliphatic carbocycles. The fraction of sp³-hybridized carbons (Fsp3) is 0.125. The molecule has 0 amide bonds. The van der Waals surface area contributed by atoms with Gasteiger partial charge in [0.15, 0.2) is 0 Å². The number of hydrogen-bond donors (Lipinski definition) is 2. The molecular weight excluding hydrogens is 250 g/mol. The van der Waals surface area contributed by atoms with Crippen LogP contribution in [0.15, 0.2) is 53.3 Å². The van der Waals surface area contributed by atoms with Crippen molar-refractivity contribution in [1.82, 2.24) is 9.97 Å². The van der Waals surface area contributed by atoms with E-state index in [-0.39, 0.29) is 5.56 Å². The molecule has 4 nitrogen and oxygen atoms in total. The third kappa shape index (κ3) is 2.46. The minimum atomic E-state index is -0.147. The average molecular weight is 265 g/mol. The molecule has 3 rings (SSSR count). The second kappa shape index (κ2) is 5.27. The van der Waals surface area contributed by atoms with Crippen molar-refractivity contribution in [2.45, 2.75) is 6.42 Å². The molecule has 2 aromatic carbocycles. The minimum absolute atomic E-state index is 0.147. The molecule has 0 atom stereocenters. The highest BCUT2D eigenvalue weighted by Gasteiger charge is 2.04. The van der Waals surface area contributed by atoms with Crippen LogP contribution in [0.25, 0.3) is 22.2 Å². The minimum Gasteiger partial charge on any atom is -0.330 e. The van der Waals surface area contributed by atoms with E-state index in [0.717, 1.165) is 22.0 Å². The molecule has 1 aromatic heterocycles. The van der Waals surface area contributed by atoms with E-state index < -0.39 is 0 Å². The molecular formula is C16H15N3O. The zero-order valence-electron chi connectivity index (χ0n) is 11.0. The summed E-state index contributed by atoms with van der Waals surface area (Å²) in [6, 6.07) is 15.6. The summed E-state index contributed by atoms with van der Waals surface area (Å²) < 4.78 is 0. The van der Waals surface area contributed by atoms with Crippen molar-refractivity contribution in [2.24, 2.45) is 5.73 Å². The van der Waals surface area contributed by atoms with Gasteiger partial charge in [0.05, 0.1) is 0 Å². The van der Waals surface area contributed by atoms with E-state index in [1.54, 1.807) is 0 Å². The van der Waals surface area contributed by atoms with Gasteiger partial charge >= 0.3 is 0 Å². The topological polar surface area (TPSA) is 71.8 Å². The molecule has 3 aromatic rings.